The molecule has 0 spiro atoms. The Morgan fingerprint density at radius 1 is 1.23 bits per heavy atom. The van der Waals surface area contributed by atoms with Gasteiger partial charge >= 0.3 is 0 Å². The number of thiophene rings is 1. The Labute approximate surface area is 154 Å². The van der Waals surface area contributed by atoms with Gasteiger partial charge in [-0.05, 0) is 42.5 Å². The number of hydrogen-bond donors (Lipinski definition) is 1. The van der Waals surface area contributed by atoms with Gasteiger partial charge in [-0.25, -0.2) is 12.8 Å². The van der Waals surface area contributed by atoms with Gasteiger partial charge in [-0.2, -0.15) is 0 Å². The molecule has 0 saturated heterocycles. The van der Waals surface area contributed by atoms with Crippen molar-refractivity contribution in [3.8, 4) is 0 Å². The van der Waals surface area contributed by atoms with E-state index in [4.69, 9.17) is 0 Å². The number of nitrogens with zero attached hydrogens (tertiary/aromatic N) is 2. The molecule has 0 atom stereocenters. The van der Waals surface area contributed by atoms with E-state index in [2.05, 4.69) is 10.3 Å². The van der Waals surface area contributed by atoms with Crippen LogP contribution in [0.25, 0.3) is 0 Å². The lowest BCUT2D eigenvalue weighted by atomic mass is 10.3. The summed E-state index contributed by atoms with van der Waals surface area (Å²) in [4.78, 5) is 16.4. The molecule has 134 valence electrons. The molecular formula is C17H14FN3O3S2. The molecule has 0 bridgehead atoms. The fourth-order valence-corrected chi connectivity index (χ4v) is 4.50. The number of aromatic nitrogens is 1. The predicted octanol–water partition coefficient (Wildman–Crippen LogP) is 3.36. The smallest absolute Gasteiger partial charge is 0.265 e. The van der Waals surface area contributed by atoms with Crippen molar-refractivity contribution >= 4 is 38.6 Å². The fourth-order valence-electron chi connectivity index (χ4n) is 2.15. The van der Waals surface area contributed by atoms with Crippen LogP contribution in [-0.4, -0.2) is 26.4 Å². The normalized spacial score (nSPS) is 11.2. The van der Waals surface area contributed by atoms with E-state index in [9.17, 15) is 17.6 Å². The summed E-state index contributed by atoms with van der Waals surface area (Å²) in [6.07, 6.45) is 3.07. The molecule has 0 aliphatic rings. The van der Waals surface area contributed by atoms with Crippen molar-refractivity contribution in [2.75, 3.05) is 16.7 Å². The van der Waals surface area contributed by atoms with Crippen LogP contribution in [0.5, 0.6) is 0 Å². The van der Waals surface area contributed by atoms with Gasteiger partial charge in [0.2, 0.25) is 0 Å². The first-order valence-electron chi connectivity index (χ1n) is 7.42. The number of hydrogen-bond acceptors (Lipinski definition) is 5. The zero-order chi connectivity index (χ0) is 18.7. The summed E-state index contributed by atoms with van der Waals surface area (Å²) >= 11 is 1.02. The lowest BCUT2D eigenvalue weighted by Gasteiger charge is -2.18. The number of carbonyl (C=O) groups is 1. The third-order valence-electron chi connectivity index (χ3n) is 3.57. The number of benzene rings is 1. The number of halogens is 1. The number of carbonyl (C=O) groups excluding carboxylic acids is 1. The summed E-state index contributed by atoms with van der Waals surface area (Å²) in [6.45, 7) is 0. The minimum atomic E-state index is -3.86. The number of nitrogens with one attached hydrogen (secondary N) is 1. The molecule has 3 aromatic rings. The SMILES string of the molecule is CN(c1ccc(F)cc1)S(=O)(=O)c1csc(C(=O)Nc2cccnc2)c1. The largest absolute Gasteiger partial charge is 0.320 e. The van der Waals surface area contributed by atoms with Crippen LogP contribution in [0.15, 0.2) is 65.1 Å². The molecule has 0 aliphatic carbocycles. The molecule has 2 aromatic heterocycles. The fraction of sp³-hybridized carbons (Fsp3) is 0.0588. The maximum atomic E-state index is 13.0. The maximum Gasteiger partial charge on any atom is 0.265 e. The van der Waals surface area contributed by atoms with E-state index in [0.29, 0.717) is 11.4 Å². The highest BCUT2D eigenvalue weighted by atomic mass is 32.2. The highest BCUT2D eigenvalue weighted by Gasteiger charge is 2.24. The lowest BCUT2D eigenvalue weighted by Crippen LogP contribution is -2.26. The van der Waals surface area contributed by atoms with E-state index in [1.807, 2.05) is 0 Å². The molecule has 1 N–H and O–H groups in total. The van der Waals surface area contributed by atoms with E-state index >= 15 is 0 Å². The van der Waals surface area contributed by atoms with E-state index < -0.39 is 21.7 Å². The van der Waals surface area contributed by atoms with Gasteiger partial charge in [-0.3, -0.25) is 14.1 Å². The van der Waals surface area contributed by atoms with Crippen molar-refractivity contribution in [2.45, 2.75) is 4.90 Å². The van der Waals surface area contributed by atoms with Crippen molar-refractivity contribution in [3.05, 3.63) is 70.9 Å². The Hall–Kier alpha value is -2.78. The van der Waals surface area contributed by atoms with Gasteiger partial charge in [0.25, 0.3) is 15.9 Å². The minimum Gasteiger partial charge on any atom is -0.320 e. The van der Waals surface area contributed by atoms with Crippen LogP contribution in [0.3, 0.4) is 0 Å². The number of rotatable bonds is 5. The second-order valence-electron chi connectivity index (χ2n) is 5.29. The average Bonchev–Trinajstić information content (AvgIpc) is 3.14. The van der Waals surface area contributed by atoms with E-state index in [-0.39, 0.29) is 9.77 Å². The van der Waals surface area contributed by atoms with Crippen LogP contribution in [0.4, 0.5) is 15.8 Å². The molecule has 2 heterocycles. The van der Waals surface area contributed by atoms with Gasteiger partial charge in [0, 0.05) is 18.6 Å². The molecule has 3 rings (SSSR count). The monoisotopic (exact) mass is 391 g/mol. The lowest BCUT2D eigenvalue weighted by molar-refractivity contribution is 0.103. The molecule has 0 unspecified atom stereocenters. The molecule has 0 aliphatic heterocycles. The van der Waals surface area contributed by atoms with Gasteiger partial charge in [-0.1, -0.05) is 0 Å². The summed E-state index contributed by atoms with van der Waals surface area (Å²) in [5, 5.41) is 4.05. The first-order chi connectivity index (χ1) is 12.4. The molecule has 0 saturated carbocycles. The number of anilines is 2. The van der Waals surface area contributed by atoms with Crippen molar-refractivity contribution in [1.29, 1.82) is 0 Å². The second kappa shape index (κ2) is 7.22. The number of pyridine rings is 1. The van der Waals surface area contributed by atoms with Crippen molar-refractivity contribution in [1.82, 2.24) is 4.98 Å². The second-order valence-corrected chi connectivity index (χ2v) is 8.17. The van der Waals surface area contributed by atoms with Gasteiger partial charge < -0.3 is 5.32 Å². The first-order valence-corrected chi connectivity index (χ1v) is 9.74. The summed E-state index contributed by atoms with van der Waals surface area (Å²) in [5.41, 5.74) is 0.831. The molecule has 0 radical (unpaired) electrons. The predicted molar refractivity (Wildman–Crippen MR) is 98.5 cm³/mol. The third kappa shape index (κ3) is 3.73. The minimum absolute atomic E-state index is 0.00865. The standard InChI is InChI=1S/C17H14FN3O3S2/c1-21(14-6-4-12(18)5-7-14)26(23,24)15-9-16(25-11-15)17(22)20-13-3-2-8-19-10-13/h2-11H,1H3,(H,20,22). The quantitative estimate of drug-likeness (QED) is 0.723. The summed E-state index contributed by atoms with van der Waals surface area (Å²) < 4.78 is 39.5. The van der Waals surface area contributed by atoms with Crippen molar-refractivity contribution in [2.24, 2.45) is 0 Å². The Morgan fingerprint density at radius 2 is 1.96 bits per heavy atom. The van der Waals surface area contributed by atoms with Crippen LogP contribution >= 0.6 is 11.3 Å². The number of sulfonamides is 1. The molecular weight excluding hydrogens is 377 g/mol. The van der Waals surface area contributed by atoms with Gasteiger partial charge in [0.05, 0.1) is 27.3 Å². The van der Waals surface area contributed by atoms with Crippen LogP contribution in [0.2, 0.25) is 0 Å². The van der Waals surface area contributed by atoms with Crippen LogP contribution in [0.1, 0.15) is 9.67 Å². The van der Waals surface area contributed by atoms with E-state index in [1.165, 1.54) is 49.0 Å². The first kappa shape index (κ1) is 18.0. The Bertz CT molecular complexity index is 1020. The maximum absolute atomic E-state index is 13.0. The summed E-state index contributed by atoms with van der Waals surface area (Å²) in [7, 11) is -2.49. The highest BCUT2D eigenvalue weighted by molar-refractivity contribution is 7.93. The molecule has 9 heteroatoms. The molecule has 6 nitrogen and oxygen atoms in total. The average molecular weight is 391 g/mol. The van der Waals surface area contributed by atoms with Gasteiger partial charge in [0.15, 0.2) is 0 Å². The van der Waals surface area contributed by atoms with E-state index in [1.54, 1.807) is 18.3 Å². The summed E-state index contributed by atoms with van der Waals surface area (Å²) in [5.74, 6) is -0.877. The van der Waals surface area contributed by atoms with Crippen LogP contribution in [0, 0.1) is 5.82 Å². The molecule has 0 fully saturated rings. The zero-order valence-electron chi connectivity index (χ0n) is 13.6. The Morgan fingerprint density at radius 3 is 2.62 bits per heavy atom. The Kier molecular flexibility index (Phi) is 5.01. The topological polar surface area (TPSA) is 79.4 Å². The van der Waals surface area contributed by atoms with Crippen LogP contribution in [-0.2, 0) is 10.0 Å². The van der Waals surface area contributed by atoms with Crippen molar-refractivity contribution < 1.29 is 17.6 Å². The van der Waals surface area contributed by atoms with E-state index in [0.717, 1.165) is 15.6 Å². The van der Waals surface area contributed by atoms with Gasteiger partial charge in [-0.15, -0.1) is 11.3 Å². The van der Waals surface area contributed by atoms with Crippen LogP contribution < -0.4 is 9.62 Å². The molecule has 26 heavy (non-hydrogen) atoms. The van der Waals surface area contributed by atoms with Crippen molar-refractivity contribution in [3.63, 3.8) is 0 Å². The zero-order valence-corrected chi connectivity index (χ0v) is 15.2. The highest BCUT2D eigenvalue weighted by Crippen LogP contribution is 2.26. The third-order valence-corrected chi connectivity index (χ3v) is 6.41. The Balaban J connectivity index is 1.81. The van der Waals surface area contributed by atoms with Gasteiger partial charge in [0.1, 0.15) is 5.82 Å². The number of amides is 1. The molecule has 1 aromatic carbocycles. The summed E-state index contributed by atoms with van der Waals surface area (Å²) in [6, 6.07) is 9.77. The molecule has 1 amide bonds.